The van der Waals surface area contributed by atoms with Crippen molar-refractivity contribution in [2.45, 2.75) is 31.6 Å². The average molecular weight is 450 g/mol. The van der Waals surface area contributed by atoms with Crippen molar-refractivity contribution in [3.63, 3.8) is 0 Å². The van der Waals surface area contributed by atoms with Crippen LogP contribution in [-0.4, -0.2) is 55.4 Å². The van der Waals surface area contributed by atoms with Gasteiger partial charge >= 0.3 is 27.2 Å². The first-order valence-electron chi connectivity index (χ1n) is 6.07. The smallest absolute Gasteiger partial charge is 0.673 e. The third-order valence-corrected chi connectivity index (χ3v) is 2.34. The van der Waals surface area contributed by atoms with Gasteiger partial charge in [0.2, 0.25) is 0 Å². The average Bonchev–Trinajstić information content (AvgIpc) is 2.40. The van der Waals surface area contributed by atoms with Crippen LogP contribution in [0.1, 0.15) is 19.3 Å². The van der Waals surface area contributed by atoms with Crippen LogP contribution in [0.3, 0.4) is 0 Å². The topological polar surface area (TPSA) is 193 Å². The van der Waals surface area contributed by atoms with Crippen molar-refractivity contribution >= 4 is 0 Å². The third kappa shape index (κ3) is 22.9. The normalized spacial score (nSPS) is 19.8. The summed E-state index contributed by atoms with van der Waals surface area (Å²) >= 11 is 0. The Hall–Kier alpha value is -1.40. The minimum atomic E-state index is -1.25. The Labute approximate surface area is 159 Å². The molecule has 2 aliphatic heterocycles. The van der Waals surface area contributed by atoms with Crippen molar-refractivity contribution in [3.8, 4) is 0 Å². The standard InChI is InChI=1S/C10H15N3.2Cu.2H2NO3.H2O/c1-3-7-11-9(5-1)13-10-6-2-4-8-12-10;;;2*2-1(3)4;/h1,3,5,7,9-10,13H,2,4,6,8H2;;;2*(H2,2,3,4);1H2/q-2;;+2;2*+1;. The van der Waals surface area contributed by atoms with E-state index in [1.165, 1.54) is 12.8 Å². The van der Waals surface area contributed by atoms with E-state index in [1.807, 2.05) is 18.4 Å². The summed E-state index contributed by atoms with van der Waals surface area (Å²) in [7, 11) is 0. The summed E-state index contributed by atoms with van der Waals surface area (Å²) in [5.41, 5.74) is 0. The SMILES string of the molecule is C1=C[N-]C(NC2CCCC[N-]2)C=C1.O.O=[N+](O)O.O=[N+](O)O.[Cu+2].[Cu]. The molecule has 1 saturated heterocycles. The molecule has 0 aliphatic carbocycles. The van der Waals surface area contributed by atoms with E-state index in [0.29, 0.717) is 6.17 Å². The third-order valence-electron chi connectivity index (χ3n) is 2.34. The number of allylic oxidation sites excluding steroid dienone is 2. The summed E-state index contributed by atoms with van der Waals surface area (Å²) in [4.78, 5) is 16.9. The van der Waals surface area contributed by atoms with E-state index < -0.39 is 10.2 Å². The van der Waals surface area contributed by atoms with Crippen LogP contribution in [0, 0.1) is 9.81 Å². The van der Waals surface area contributed by atoms with Crippen LogP contribution < -0.4 is 5.32 Å². The zero-order chi connectivity index (χ0) is 16.1. The largest absolute Gasteiger partial charge is 2.00 e. The molecule has 2 rings (SSSR count). The first-order chi connectivity index (χ1) is 9.91. The van der Waals surface area contributed by atoms with Gasteiger partial charge in [0.15, 0.2) is 0 Å². The van der Waals surface area contributed by atoms with Crippen molar-refractivity contribution in [1.82, 2.24) is 5.32 Å². The van der Waals surface area contributed by atoms with Crippen LogP contribution in [0.15, 0.2) is 24.4 Å². The zero-order valence-corrected chi connectivity index (χ0v) is 14.2. The molecule has 0 aromatic carbocycles. The molecule has 2 radical (unpaired) electrons. The van der Waals surface area contributed by atoms with Gasteiger partial charge in [0.05, 0.1) is 0 Å². The number of hydrogen-bond acceptors (Lipinski definition) is 3. The number of hydrogen-bond donors (Lipinski definition) is 5. The summed E-state index contributed by atoms with van der Waals surface area (Å²) in [6.07, 6.45) is 12.0. The van der Waals surface area contributed by atoms with Crippen molar-refractivity contribution in [3.05, 3.63) is 44.9 Å². The number of rotatable bonds is 2. The van der Waals surface area contributed by atoms with Crippen LogP contribution in [0.4, 0.5) is 0 Å². The molecule has 14 heteroatoms. The van der Waals surface area contributed by atoms with E-state index in [1.54, 1.807) is 0 Å². The van der Waals surface area contributed by atoms with Crippen molar-refractivity contribution in [2.24, 2.45) is 0 Å². The summed E-state index contributed by atoms with van der Waals surface area (Å²) in [5.74, 6) is 0. The van der Waals surface area contributed by atoms with Crippen LogP contribution in [0.25, 0.3) is 10.6 Å². The molecule has 0 aromatic heterocycles. The molecule has 12 nitrogen and oxygen atoms in total. The minimum absolute atomic E-state index is 0. The van der Waals surface area contributed by atoms with Crippen LogP contribution in [0.5, 0.6) is 0 Å². The molecule has 148 valence electrons. The monoisotopic (exact) mass is 449 g/mol. The minimum Gasteiger partial charge on any atom is -0.673 e. The molecule has 0 aromatic rings. The van der Waals surface area contributed by atoms with E-state index in [9.17, 15) is 0 Å². The number of nitrogens with one attached hydrogen (secondary N) is 1. The predicted octanol–water partition coefficient (Wildman–Crippen LogP) is 0.501. The van der Waals surface area contributed by atoms with E-state index >= 15 is 0 Å². The maximum Gasteiger partial charge on any atom is 2.00 e. The maximum atomic E-state index is 8.47. The fraction of sp³-hybridized carbons (Fsp3) is 0.600. The molecular formula is C10H21Cu2N5O7+2. The zero-order valence-electron chi connectivity index (χ0n) is 12.3. The molecule has 0 saturated carbocycles. The second-order valence-electron chi connectivity index (χ2n) is 3.91. The van der Waals surface area contributed by atoms with Gasteiger partial charge in [-0.25, -0.2) is 20.8 Å². The quantitative estimate of drug-likeness (QED) is 0.298. The van der Waals surface area contributed by atoms with E-state index in [2.05, 4.69) is 22.0 Å². The van der Waals surface area contributed by atoms with Gasteiger partial charge in [0, 0.05) is 17.1 Å². The number of nitrogens with zero attached hydrogens (tertiary/aromatic N) is 4. The summed E-state index contributed by atoms with van der Waals surface area (Å²) < 4.78 is 0. The molecule has 2 heterocycles. The predicted molar refractivity (Wildman–Crippen MR) is 72.4 cm³/mol. The van der Waals surface area contributed by atoms with Gasteiger partial charge in [0.25, 0.3) is 0 Å². The molecule has 1 fully saturated rings. The Morgan fingerprint density at radius 1 is 1.04 bits per heavy atom. The van der Waals surface area contributed by atoms with E-state index in [0.717, 1.165) is 13.0 Å². The van der Waals surface area contributed by atoms with Crippen molar-refractivity contribution in [2.75, 3.05) is 6.54 Å². The van der Waals surface area contributed by atoms with Gasteiger partial charge in [-0.3, -0.25) is 0 Å². The Bertz CT molecular complexity index is 361. The Kier molecular flexibility index (Phi) is 24.9. The molecule has 0 bridgehead atoms. The van der Waals surface area contributed by atoms with Gasteiger partial charge < -0.3 is 21.4 Å². The molecule has 0 amide bonds. The summed E-state index contributed by atoms with van der Waals surface area (Å²) in [6, 6.07) is 0. The second-order valence-corrected chi connectivity index (χ2v) is 3.91. The van der Waals surface area contributed by atoms with Gasteiger partial charge in [-0.2, -0.15) is 6.20 Å². The molecule has 24 heavy (non-hydrogen) atoms. The molecule has 2 aliphatic rings. The van der Waals surface area contributed by atoms with Gasteiger partial charge in [0.1, 0.15) is 9.81 Å². The molecular weight excluding hydrogens is 429 g/mol. The van der Waals surface area contributed by atoms with Gasteiger partial charge in [-0.1, -0.05) is 43.7 Å². The van der Waals surface area contributed by atoms with Crippen molar-refractivity contribution in [1.29, 1.82) is 0 Å². The van der Waals surface area contributed by atoms with E-state index in [4.69, 9.17) is 30.6 Å². The van der Waals surface area contributed by atoms with Gasteiger partial charge in [-0.15, -0.1) is 6.54 Å². The van der Waals surface area contributed by atoms with Crippen LogP contribution in [0.2, 0.25) is 0 Å². The fourth-order valence-corrected chi connectivity index (χ4v) is 1.63. The summed E-state index contributed by atoms with van der Waals surface area (Å²) in [6.45, 7) is 1.00. The Balaban J connectivity index is -0.000000157. The van der Waals surface area contributed by atoms with E-state index in [-0.39, 0.29) is 45.8 Å². The molecule has 7 N–H and O–H groups in total. The first-order valence-corrected chi connectivity index (χ1v) is 6.07. The Morgan fingerprint density at radius 3 is 1.96 bits per heavy atom. The second kappa shape index (κ2) is 19.6. The molecule has 2 atom stereocenters. The summed E-state index contributed by atoms with van der Waals surface area (Å²) in [5, 5.41) is 37.2. The van der Waals surface area contributed by atoms with Crippen LogP contribution >= 0.6 is 0 Å². The fourth-order valence-electron chi connectivity index (χ4n) is 1.63. The number of piperidine rings is 1. The molecule has 0 spiro atoms. The van der Waals surface area contributed by atoms with Crippen molar-refractivity contribution < 1.29 is 70.6 Å². The molecule has 2 unspecified atom stereocenters. The first kappa shape index (κ1) is 30.5. The Morgan fingerprint density at radius 2 is 1.58 bits per heavy atom. The maximum absolute atomic E-state index is 8.47. The van der Waals surface area contributed by atoms with Gasteiger partial charge in [-0.05, 0) is 6.17 Å². The van der Waals surface area contributed by atoms with Crippen LogP contribution in [-0.2, 0) is 34.1 Å².